The van der Waals surface area contributed by atoms with Gasteiger partial charge in [-0.3, -0.25) is 14.6 Å². The summed E-state index contributed by atoms with van der Waals surface area (Å²) in [5.41, 5.74) is 0. The Balaban J connectivity index is 1.57. The molecule has 2 saturated heterocycles. The van der Waals surface area contributed by atoms with Crippen molar-refractivity contribution < 1.29 is 9.59 Å². The molecule has 8 nitrogen and oxygen atoms in total. The molecule has 8 heteroatoms. The average Bonchev–Trinajstić information content (AvgIpc) is 2.63. The van der Waals surface area contributed by atoms with Gasteiger partial charge in [0.1, 0.15) is 0 Å². The first kappa shape index (κ1) is 16.8. The first-order valence-corrected chi connectivity index (χ1v) is 8.57. The lowest BCUT2D eigenvalue weighted by atomic mass is 9.97. The molecule has 3 rings (SSSR count). The summed E-state index contributed by atoms with van der Waals surface area (Å²) in [4.78, 5) is 32.8. The van der Waals surface area contributed by atoms with Gasteiger partial charge >= 0.3 is 0 Å². The Bertz CT molecular complexity index is 534. The van der Waals surface area contributed by atoms with Gasteiger partial charge in [0.05, 0.1) is 12.4 Å². The first-order valence-electron chi connectivity index (χ1n) is 8.57. The Hall–Kier alpha value is -2.06. The van der Waals surface area contributed by atoms with E-state index in [1.54, 1.807) is 0 Å². The Kier molecular flexibility index (Phi) is 5.71. The molecule has 3 heterocycles. The molecule has 0 unspecified atom stereocenters. The largest absolute Gasteiger partial charge is 0.317 e. The minimum absolute atomic E-state index is 0.000959. The number of aromatic nitrogens is 2. The molecular formula is C16H24N6O2. The van der Waals surface area contributed by atoms with Crippen molar-refractivity contribution >= 4 is 23.5 Å². The van der Waals surface area contributed by atoms with Gasteiger partial charge in [-0.25, -0.2) is 4.98 Å². The second-order valence-corrected chi connectivity index (χ2v) is 6.32. The Morgan fingerprint density at radius 3 is 1.67 bits per heavy atom. The molecule has 1 aromatic rings. The van der Waals surface area contributed by atoms with Crippen molar-refractivity contribution in [3.05, 3.63) is 12.4 Å². The molecule has 4 N–H and O–H groups in total. The van der Waals surface area contributed by atoms with Crippen LogP contribution < -0.4 is 21.3 Å². The van der Waals surface area contributed by atoms with Crippen LogP contribution in [0.4, 0.5) is 11.6 Å². The number of hydrogen-bond acceptors (Lipinski definition) is 6. The van der Waals surface area contributed by atoms with Crippen molar-refractivity contribution in [1.82, 2.24) is 20.6 Å². The van der Waals surface area contributed by atoms with Crippen LogP contribution in [-0.4, -0.2) is 48.0 Å². The third kappa shape index (κ3) is 4.48. The second-order valence-electron chi connectivity index (χ2n) is 6.32. The minimum Gasteiger partial charge on any atom is -0.317 e. The summed E-state index contributed by atoms with van der Waals surface area (Å²) >= 11 is 0. The highest BCUT2D eigenvalue weighted by molar-refractivity contribution is 5.93. The molecule has 0 radical (unpaired) electrons. The highest BCUT2D eigenvalue weighted by Gasteiger charge is 2.23. The Labute approximate surface area is 141 Å². The number of amides is 2. The van der Waals surface area contributed by atoms with Crippen LogP contribution in [0.1, 0.15) is 25.7 Å². The van der Waals surface area contributed by atoms with Gasteiger partial charge in [-0.2, -0.15) is 0 Å². The highest BCUT2D eigenvalue weighted by atomic mass is 16.2. The fourth-order valence-electron chi connectivity index (χ4n) is 3.11. The zero-order valence-corrected chi connectivity index (χ0v) is 13.7. The van der Waals surface area contributed by atoms with Crippen molar-refractivity contribution in [3.63, 3.8) is 0 Å². The normalized spacial score (nSPS) is 19.7. The number of nitrogens with one attached hydrogen (secondary N) is 4. The standard InChI is InChI=1S/C16H24N6O2/c23-15(11-1-5-17-6-2-11)21-13-9-19-10-14(20-13)22-16(24)12-3-7-18-8-4-12/h9-12,17-18H,1-8H2,(H2,20,21,22,23,24). The third-order valence-corrected chi connectivity index (χ3v) is 4.56. The maximum Gasteiger partial charge on any atom is 0.228 e. The van der Waals surface area contributed by atoms with Gasteiger partial charge in [0, 0.05) is 11.8 Å². The molecule has 0 saturated carbocycles. The molecule has 2 fully saturated rings. The summed E-state index contributed by atoms with van der Waals surface area (Å²) in [6.07, 6.45) is 6.30. The number of nitrogens with zero attached hydrogens (tertiary/aromatic N) is 2. The van der Waals surface area contributed by atoms with Crippen LogP contribution in [0.15, 0.2) is 12.4 Å². The van der Waals surface area contributed by atoms with Crippen LogP contribution in [0, 0.1) is 11.8 Å². The number of anilines is 2. The predicted octanol–water partition coefficient (Wildman–Crippen LogP) is 0.353. The molecule has 0 aromatic carbocycles. The smallest absolute Gasteiger partial charge is 0.228 e. The summed E-state index contributed by atoms with van der Waals surface area (Å²) in [6, 6.07) is 0. The fraction of sp³-hybridized carbons (Fsp3) is 0.625. The average molecular weight is 332 g/mol. The lowest BCUT2D eigenvalue weighted by Crippen LogP contribution is -2.35. The lowest BCUT2D eigenvalue weighted by Gasteiger charge is -2.22. The lowest BCUT2D eigenvalue weighted by molar-refractivity contribution is -0.121. The number of rotatable bonds is 4. The van der Waals surface area contributed by atoms with E-state index in [1.165, 1.54) is 12.4 Å². The van der Waals surface area contributed by atoms with Crippen molar-refractivity contribution in [2.75, 3.05) is 36.8 Å². The molecule has 2 amide bonds. The van der Waals surface area contributed by atoms with E-state index in [0.29, 0.717) is 11.6 Å². The number of carbonyl (C=O) groups is 2. The maximum atomic E-state index is 12.2. The van der Waals surface area contributed by atoms with Crippen LogP contribution in [0.25, 0.3) is 0 Å². The van der Waals surface area contributed by atoms with E-state index < -0.39 is 0 Å². The van der Waals surface area contributed by atoms with Crippen molar-refractivity contribution in [2.24, 2.45) is 11.8 Å². The van der Waals surface area contributed by atoms with Crippen molar-refractivity contribution in [1.29, 1.82) is 0 Å². The minimum atomic E-state index is -0.0346. The van der Waals surface area contributed by atoms with E-state index in [4.69, 9.17) is 0 Å². The molecule has 130 valence electrons. The maximum absolute atomic E-state index is 12.2. The second kappa shape index (κ2) is 8.16. The van der Waals surface area contributed by atoms with Crippen LogP contribution >= 0.6 is 0 Å². The van der Waals surface area contributed by atoms with Gasteiger partial charge in [-0.1, -0.05) is 0 Å². The van der Waals surface area contributed by atoms with E-state index in [9.17, 15) is 9.59 Å². The summed E-state index contributed by atoms with van der Waals surface area (Å²) in [5.74, 6) is 0.686. The SMILES string of the molecule is O=C(Nc1cncc(NC(=O)C2CCNCC2)n1)C1CCNCC1. The van der Waals surface area contributed by atoms with Crippen LogP contribution in [0.3, 0.4) is 0 Å². The third-order valence-electron chi connectivity index (χ3n) is 4.56. The zero-order chi connectivity index (χ0) is 16.8. The topological polar surface area (TPSA) is 108 Å². The molecular weight excluding hydrogens is 308 g/mol. The summed E-state index contributed by atoms with van der Waals surface area (Å²) in [7, 11) is 0. The van der Waals surface area contributed by atoms with Gasteiger partial charge in [0.25, 0.3) is 0 Å². The Morgan fingerprint density at radius 2 is 1.25 bits per heavy atom. The molecule has 2 aliphatic heterocycles. The van der Waals surface area contributed by atoms with E-state index in [-0.39, 0.29) is 23.7 Å². The fourth-order valence-corrected chi connectivity index (χ4v) is 3.11. The van der Waals surface area contributed by atoms with E-state index >= 15 is 0 Å². The van der Waals surface area contributed by atoms with E-state index in [2.05, 4.69) is 31.2 Å². The van der Waals surface area contributed by atoms with Gasteiger partial charge < -0.3 is 21.3 Å². The van der Waals surface area contributed by atoms with E-state index in [0.717, 1.165) is 51.9 Å². The van der Waals surface area contributed by atoms with Crippen LogP contribution in [0.2, 0.25) is 0 Å². The monoisotopic (exact) mass is 332 g/mol. The van der Waals surface area contributed by atoms with Crippen molar-refractivity contribution in [2.45, 2.75) is 25.7 Å². The molecule has 0 aliphatic carbocycles. The molecule has 0 spiro atoms. The number of piperidine rings is 2. The molecule has 0 atom stereocenters. The number of carbonyl (C=O) groups excluding carboxylic acids is 2. The van der Waals surface area contributed by atoms with Crippen LogP contribution in [0.5, 0.6) is 0 Å². The quantitative estimate of drug-likeness (QED) is 0.634. The van der Waals surface area contributed by atoms with E-state index in [1.807, 2.05) is 0 Å². The highest BCUT2D eigenvalue weighted by Crippen LogP contribution is 2.17. The van der Waals surface area contributed by atoms with Gasteiger partial charge in [-0.15, -0.1) is 0 Å². The first-order chi connectivity index (χ1) is 11.7. The van der Waals surface area contributed by atoms with Gasteiger partial charge in [0.15, 0.2) is 11.6 Å². The summed E-state index contributed by atoms with van der Waals surface area (Å²) in [5, 5.41) is 12.1. The van der Waals surface area contributed by atoms with Crippen molar-refractivity contribution in [3.8, 4) is 0 Å². The van der Waals surface area contributed by atoms with Gasteiger partial charge in [-0.05, 0) is 51.9 Å². The molecule has 2 aliphatic rings. The summed E-state index contributed by atoms with van der Waals surface area (Å²) < 4.78 is 0. The summed E-state index contributed by atoms with van der Waals surface area (Å²) in [6.45, 7) is 3.43. The van der Waals surface area contributed by atoms with Crippen LogP contribution in [-0.2, 0) is 9.59 Å². The molecule has 1 aromatic heterocycles. The number of hydrogen-bond donors (Lipinski definition) is 4. The van der Waals surface area contributed by atoms with Gasteiger partial charge in [0.2, 0.25) is 11.8 Å². The molecule has 0 bridgehead atoms. The molecule has 24 heavy (non-hydrogen) atoms. The predicted molar refractivity (Wildman–Crippen MR) is 90.5 cm³/mol. The Morgan fingerprint density at radius 1 is 0.833 bits per heavy atom. The zero-order valence-electron chi connectivity index (χ0n) is 13.7.